The summed E-state index contributed by atoms with van der Waals surface area (Å²) in [5, 5.41) is 10.1. The number of thiophene rings is 1. The smallest absolute Gasteiger partial charge is 0.274 e. The van der Waals surface area contributed by atoms with E-state index in [0.29, 0.717) is 8.26 Å². The van der Waals surface area contributed by atoms with E-state index < -0.39 is 10.0 Å². The summed E-state index contributed by atoms with van der Waals surface area (Å²) in [5.41, 5.74) is 0. The molecule has 17 heavy (non-hydrogen) atoms. The summed E-state index contributed by atoms with van der Waals surface area (Å²) in [6.45, 7) is 3.64. The minimum atomic E-state index is -3.71. The van der Waals surface area contributed by atoms with Gasteiger partial charge in [-0.3, -0.25) is 5.41 Å². The zero-order valence-electron chi connectivity index (χ0n) is 9.04. The Kier molecular flexibility index (Phi) is 4.99. The zero-order valence-corrected chi connectivity index (χ0v) is 13.8. The molecule has 0 atom stereocenters. The van der Waals surface area contributed by atoms with Crippen LogP contribution in [0.15, 0.2) is 18.5 Å². The molecule has 0 aliphatic rings. The number of hydrogen-bond acceptors (Lipinski definition) is 4. The summed E-state index contributed by atoms with van der Waals surface area (Å²) in [6.07, 6.45) is 0. The first kappa shape index (κ1) is 14.9. The van der Waals surface area contributed by atoms with E-state index in [0.717, 1.165) is 11.3 Å². The average Bonchev–Trinajstić information content (AvgIpc) is 2.42. The largest absolute Gasteiger partial charge is 0.354 e. The molecule has 0 saturated heterocycles. The quantitative estimate of drug-likeness (QED) is 0.534. The third-order valence-corrected chi connectivity index (χ3v) is 6.21. The van der Waals surface area contributed by atoms with Gasteiger partial charge in [0, 0.05) is 6.04 Å². The number of nitrogens with one attached hydrogen (secondary N) is 3. The Bertz CT molecular complexity index is 525. The van der Waals surface area contributed by atoms with E-state index in [1.165, 1.54) is 0 Å². The van der Waals surface area contributed by atoms with Crippen LogP contribution in [-0.2, 0) is 10.0 Å². The molecular weight excluding hydrogens is 394 g/mol. The average molecular weight is 405 g/mol. The fraction of sp³-hybridized carbons (Fsp3) is 0.375. The van der Waals surface area contributed by atoms with E-state index in [1.807, 2.05) is 13.8 Å². The van der Waals surface area contributed by atoms with Crippen LogP contribution in [0.1, 0.15) is 13.8 Å². The van der Waals surface area contributed by atoms with Gasteiger partial charge in [-0.2, -0.15) is 0 Å². The fourth-order valence-electron chi connectivity index (χ4n) is 1.01. The molecule has 9 heteroatoms. The van der Waals surface area contributed by atoms with Crippen molar-refractivity contribution in [3.05, 3.63) is 14.3 Å². The Morgan fingerprint density at radius 3 is 2.47 bits per heavy atom. The second-order valence-corrected chi connectivity index (χ2v) is 8.63. The van der Waals surface area contributed by atoms with Crippen LogP contribution < -0.4 is 10.0 Å². The van der Waals surface area contributed by atoms with Crippen LogP contribution in [0.4, 0.5) is 0 Å². The summed E-state index contributed by atoms with van der Waals surface area (Å²) in [5.74, 6) is -0.239. The van der Waals surface area contributed by atoms with Gasteiger partial charge in [-0.1, -0.05) is 0 Å². The lowest BCUT2D eigenvalue weighted by molar-refractivity contribution is 0.592. The van der Waals surface area contributed by atoms with Crippen molar-refractivity contribution in [3.63, 3.8) is 0 Å². The fourth-order valence-corrected chi connectivity index (χ4v) is 5.69. The van der Waals surface area contributed by atoms with Crippen molar-refractivity contribution in [2.45, 2.75) is 24.1 Å². The molecular formula is C8H11Br2N3O2S2. The minimum Gasteiger partial charge on any atom is -0.354 e. The van der Waals surface area contributed by atoms with Crippen LogP contribution in [0.5, 0.6) is 0 Å². The molecule has 1 heterocycles. The lowest BCUT2D eigenvalue weighted by Gasteiger charge is -2.12. The number of sulfonamides is 1. The predicted octanol–water partition coefficient (Wildman–Crippen LogP) is 2.48. The van der Waals surface area contributed by atoms with E-state index in [4.69, 9.17) is 5.41 Å². The van der Waals surface area contributed by atoms with Crippen LogP contribution >= 0.6 is 43.2 Å². The van der Waals surface area contributed by atoms with Crippen molar-refractivity contribution < 1.29 is 8.42 Å². The summed E-state index contributed by atoms with van der Waals surface area (Å²) in [4.78, 5) is 0. The highest BCUT2D eigenvalue weighted by Crippen LogP contribution is 2.34. The van der Waals surface area contributed by atoms with E-state index in [2.05, 4.69) is 41.9 Å². The SMILES string of the molecule is CC(C)NC(=N)NS(=O)(=O)c1sc(Br)cc1Br. The molecule has 1 aromatic rings. The van der Waals surface area contributed by atoms with Gasteiger partial charge in [0.1, 0.15) is 0 Å². The van der Waals surface area contributed by atoms with Crippen molar-refractivity contribution >= 4 is 59.2 Å². The highest BCUT2D eigenvalue weighted by Gasteiger charge is 2.22. The molecule has 0 unspecified atom stereocenters. The third-order valence-electron chi connectivity index (χ3n) is 1.54. The zero-order chi connectivity index (χ0) is 13.2. The third kappa shape index (κ3) is 4.23. The van der Waals surface area contributed by atoms with Crippen molar-refractivity contribution in [2.75, 3.05) is 0 Å². The molecule has 0 amide bonds. The van der Waals surface area contributed by atoms with E-state index in [9.17, 15) is 8.42 Å². The Hall–Kier alpha value is -0.120. The molecule has 0 aliphatic carbocycles. The predicted molar refractivity (Wildman–Crippen MR) is 76.0 cm³/mol. The van der Waals surface area contributed by atoms with E-state index >= 15 is 0 Å². The molecule has 0 spiro atoms. The maximum absolute atomic E-state index is 11.9. The molecule has 0 bridgehead atoms. The van der Waals surface area contributed by atoms with Crippen LogP contribution in [0.2, 0.25) is 0 Å². The number of hydrogen-bond donors (Lipinski definition) is 3. The molecule has 0 radical (unpaired) electrons. The highest BCUT2D eigenvalue weighted by molar-refractivity contribution is 9.11. The van der Waals surface area contributed by atoms with Gasteiger partial charge in [-0.15, -0.1) is 11.3 Å². The van der Waals surface area contributed by atoms with Gasteiger partial charge in [0.15, 0.2) is 4.21 Å². The van der Waals surface area contributed by atoms with Gasteiger partial charge in [-0.05, 0) is 51.8 Å². The topological polar surface area (TPSA) is 82.1 Å². The van der Waals surface area contributed by atoms with Crippen molar-refractivity contribution in [3.8, 4) is 0 Å². The Morgan fingerprint density at radius 2 is 2.06 bits per heavy atom. The normalized spacial score (nSPS) is 11.6. The lowest BCUT2D eigenvalue weighted by Crippen LogP contribution is -2.42. The summed E-state index contributed by atoms with van der Waals surface area (Å²) < 4.78 is 27.3. The van der Waals surface area contributed by atoms with Crippen LogP contribution in [0, 0.1) is 5.41 Å². The molecule has 3 N–H and O–H groups in total. The molecule has 96 valence electrons. The minimum absolute atomic E-state index is 0.0105. The second kappa shape index (κ2) is 5.68. The molecule has 0 aliphatic heterocycles. The second-order valence-electron chi connectivity index (χ2n) is 3.47. The Morgan fingerprint density at radius 1 is 1.47 bits per heavy atom. The Labute approximate surface area is 121 Å². The number of guanidine groups is 1. The first-order valence-electron chi connectivity index (χ1n) is 4.55. The van der Waals surface area contributed by atoms with Gasteiger partial charge >= 0.3 is 0 Å². The molecule has 5 nitrogen and oxygen atoms in total. The van der Waals surface area contributed by atoms with Crippen LogP contribution in [-0.4, -0.2) is 20.4 Å². The maximum Gasteiger partial charge on any atom is 0.274 e. The number of rotatable bonds is 3. The van der Waals surface area contributed by atoms with Gasteiger partial charge in [0.25, 0.3) is 10.0 Å². The Balaban J connectivity index is 2.90. The summed E-state index contributed by atoms with van der Waals surface area (Å²) in [6, 6.07) is 1.64. The molecule has 1 rings (SSSR count). The molecule has 0 saturated carbocycles. The lowest BCUT2D eigenvalue weighted by atomic mass is 10.4. The van der Waals surface area contributed by atoms with Crippen molar-refractivity contribution in [1.29, 1.82) is 5.41 Å². The van der Waals surface area contributed by atoms with Crippen LogP contribution in [0.3, 0.4) is 0 Å². The summed E-state index contributed by atoms with van der Waals surface area (Å²) in [7, 11) is -3.71. The molecule has 0 fully saturated rings. The molecule has 0 aromatic carbocycles. The van der Waals surface area contributed by atoms with E-state index in [-0.39, 0.29) is 16.2 Å². The standard InChI is InChI=1S/C8H11Br2N3O2S2/c1-4(2)12-8(11)13-17(14,15)7-5(9)3-6(10)16-7/h3-4H,1-2H3,(H3,11,12,13). The van der Waals surface area contributed by atoms with E-state index in [1.54, 1.807) is 6.07 Å². The monoisotopic (exact) mass is 403 g/mol. The van der Waals surface area contributed by atoms with Crippen LogP contribution in [0.25, 0.3) is 0 Å². The van der Waals surface area contributed by atoms with Crippen molar-refractivity contribution in [2.24, 2.45) is 0 Å². The maximum atomic E-state index is 11.9. The van der Waals surface area contributed by atoms with Gasteiger partial charge in [0.05, 0.1) is 8.26 Å². The summed E-state index contributed by atoms with van der Waals surface area (Å²) >= 11 is 7.45. The molecule has 1 aromatic heterocycles. The van der Waals surface area contributed by atoms with Gasteiger partial charge < -0.3 is 5.32 Å². The first-order valence-corrected chi connectivity index (χ1v) is 8.43. The van der Waals surface area contributed by atoms with Gasteiger partial charge in [0.2, 0.25) is 5.96 Å². The van der Waals surface area contributed by atoms with Gasteiger partial charge in [-0.25, -0.2) is 13.1 Å². The first-order chi connectivity index (χ1) is 7.72. The van der Waals surface area contributed by atoms with Crippen molar-refractivity contribution in [1.82, 2.24) is 10.0 Å². The number of halogens is 2. The highest BCUT2D eigenvalue weighted by atomic mass is 79.9.